The minimum Gasteiger partial charge on any atom is -0.494 e. The first kappa shape index (κ1) is 44.3. The smallest absolute Gasteiger partial charge is 0.341 e. The average Bonchev–Trinajstić information content (AvgIpc) is 3.56. The second-order valence-corrected chi connectivity index (χ2v) is 19.6. The second kappa shape index (κ2) is 18.2. The molecule has 0 unspecified atom stereocenters. The summed E-state index contributed by atoms with van der Waals surface area (Å²) in [6.07, 6.45) is 16.5. The van der Waals surface area contributed by atoms with Gasteiger partial charge in [0.05, 0.1) is 38.5 Å². The lowest BCUT2D eigenvalue weighted by molar-refractivity contribution is -0.125. The van der Waals surface area contributed by atoms with Crippen LogP contribution in [-0.2, 0) is 14.3 Å². The summed E-state index contributed by atoms with van der Waals surface area (Å²) in [5.41, 5.74) is 2.16. The summed E-state index contributed by atoms with van der Waals surface area (Å²) in [5, 5.41) is 3.65. The molecular formula is C48H65Cl2NO7. The summed E-state index contributed by atoms with van der Waals surface area (Å²) in [6.45, 7) is 12.5. The first-order valence-corrected chi connectivity index (χ1v) is 22.3. The molecule has 4 aliphatic carbocycles. The van der Waals surface area contributed by atoms with Gasteiger partial charge in [0.15, 0.2) is 11.5 Å². The van der Waals surface area contributed by atoms with Crippen LogP contribution in [0.15, 0.2) is 30.3 Å². The molecule has 2 aromatic carbocycles. The molecule has 2 aromatic rings. The van der Waals surface area contributed by atoms with E-state index in [-0.39, 0.29) is 50.0 Å². The molecule has 8 nitrogen and oxygen atoms in total. The van der Waals surface area contributed by atoms with Crippen LogP contribution in [0.1, 0.15) is 144 Å². The van der Waals surface area contributed by atoms with E-state index in [9.17, 15) is 14.4 Å². The molecule has 318 valence electrons. The summed E-state index contributed by atoms with van der Waals surface area (Å²) in [4.78, 5) is 40.0. The van der Waals surface area contributed by atoms with E-state index in [1.165, 1.54) is 92.3 Å². The predicted octanol–water partition coefficient (Wildman–Crippen LogP) is 11.6. The summed E-state index contributed by atoms with van der Waals surface area (Å²) in [5.74, 6) is 4.06. The van der Waals surface area contributed by atoms with Crippen molar-refractivity contribution in [1.29, 1.82) is 0 Å². The van der Waals surface area contributed by atoms with E-state index < -0.39 is 11.9 Å². The average molecular weight is 839 g/mol. The van der Waals surface area contributed by atoms with Gasteiger partial charge in [0.25, 0.3) is 0 Å². The molecule has 0 saturated heterocycles. The van der Waals surface area contributed by atoms with Gasteiger partial charge in [-0.3, -0.25) is 4.79 Å². The molecule has 1 N–H and O–H groups in total. The van der Waals surface area contributed by atoms with Gasteiger partial charge in [-0.15, -0.1) is 0 Å². The van der Waals surface area contributed by atoms with Gasteiger partial charge < -0.3 is 24.3 Å². The van der Waals surface area contributed by atoms with Crippen molar-refractivity contribution in [3.8, 4) is 11.5 Å². The SMILES string of the molecule is COC(=O)c1cc(C(=CC(=O)N[C@@H]2CC[C@@]3(C)[C@@H](CC[C@@H]4[C@@H]3CC[C@]3(C)[C@@H]([C@H](C)CCCC(C)C)CC[C@@H]43)C2)c2cc(Cl)c(OC)c(C(=O)OC)c2)cc(Cl)c1OC. The third kappa shape index (κ3) is 8.53. The molecule has 1 amide bonds. The monoisotopic (exact) mass is 837 g/mol. The number of amides is 1. The van der Waals surface area contributed by atoms with E-state index >= 15 is 0 Å². The number of carbonyl (C=O) groups is 3. The van der Waals surface area contributed by atoms with Gasteiger partial charge in [0.1, 0.15) is 11.1 Å². The second-order valence-electron chi connectivity index (χ2n) is 18.8. The molecule has 0 bridgehead atoms. The Morgan fingerprint density at radius 2 is 1.33 bits per heavy atom. The molecule has 0 aromatic heterocycles. The molecule has 58 heavy (non-hydrogen) atoms. The van der Waals surface area contributed by atoms with E-state index in [2.05, 4.69) is 39.9 Å². The highest BCUT2D eigenvalue weighted by Crippen LogP contribution is 2.68. The minimum atomic E-state index is -0.658. The largest absolute Gasteiger partial charge is 0.494 e. The van der Waals surface area contributed by atoms with Crippen LogP contribution >= 0.6 is 23.2 Å². The van der Waals surface area contributed by atoms with Crippen molar-refractivity contribution in [3.63, 3.8) is 0 Å². The van der Waals surface area contributed by atoms with Gasteiger partial charge in [-0.05, 0) is 151 Å². The molecule has 4 fully saturated rings. The number of nitrogens with one attached hydrogen (secondary N) is 1. The van der Waals surface area contributed by atoms with Gasteiger partial charge >= 0.3 is 11.9 Å². The Kier molecular flexibility index (Phi) is 13.9. The Hall–Kier alpha value is -3.23. The zero-order valence-electron chi connectivity index (χ0n) is 36.1. The zero-order valence-corrected chi connectivity index (χ0v) is 37.6. The number of carbonyl (C=O) groups excluding carboxylic acids is 3. The first-order chi connectivity index (χ1) is 27.6. The fraction of sp³-hybridized carbons (Fsp3) is 0.646. The van der Waals surface area contributed by atoms with E-state index in [0.29, 0.717) is 28.0 Å². The molecular weight excluding hydrogens is 773 g/mol. The van der Waals surface area contributed by atoms with Crippen LogP contribution in [0.4, 0.5) is 0 Å². The van der Waals surface area contributed by atoms with Crippen molar-refractivity contribution in [3.05, 3.63) is 62.6 Å². The van der Waals surface area contributed by atoms with Crippen molar-refractivity contribution >= 4 is 46.6 Å². The molecule has 9 atom stereocenters. The molecule has 6 rings (SSSR count). The van der Waals surface area contributed by atoms with Crippen LogP contribution in [0.3, 0.4) is 0 Å². The fourth-order valence-corrected chi connectivity index (χ4v) is 13.1. The van der Waals surface area contributed by atoms with Crippen molar-refractivity contribution in [2.75, 3.05) is 28.4 Å². The van der Waals surface area contributed by atoms with Crippen LogP contribution in [0, 0.1) is 52.3 Å². The Balaban J connectivity index is 1.23. The maximum atomic E-state index is 14.2. The number of methoxy groups -OCH3 is 4. The van der Waals surface area contributed by atoms with Gasteiger partial charge in [0, 0.05) is 12.1 Å². The first-order valence-electron chi connectivity index (χ1n) is 21.5. The lowest BCUT2D eigenvalue weighted by atomic mass is 9.44. The van der Waals surface area contributed by atoms with Crippen molar-refractivity contribution in [2.45, 2.75) is 118 Å². The maximum absolute atomic E-state index is 14.2. The normalized spacial score (nSPS) is 29.3. The number of benzene rings is 2. The molecule has 0 aliphatic heterocycles. The molecule has 4 saturated carbocycles. The van der Waals surface area contributed by atoms with E-state index in [1.54, 1.807) is 24.3 Å². The number of hydrogen-bond donors (Lipinski definition) is 1. The van der Waals surface area contributed by atoms with Crippen molar-refractivity contribution in [2.24, 2.45) is 52.3 Å². The standard InChI is InChI=1S/C48H65Cl2NO7/c1-27(2)11-10-12-28(3)37-15-16-38-33-14-13-31-25-32(17-19-47(31,4)39(33)18-20-48(37,38)5)51-42(52)26-34(29-21-35(45(53)57-8)43(55-6)40(49)23-29)30-22-36(46(54)58-9)44(56-7)41(50)24-30/h21-24,26-28,31-33,37-39H,10-20,25H2,1-9H3,(H,51,52)/t28-,31+,32-,33+,37-,38+,39+,47+,48-/m1/s1. The van der Waals surface area contributed by atoms with Crippen LogP contribution < -0.4 is 14.8 Å². The van der Waals surface area contributed by atoms with Crippen molar-refractivity contribution < 1.29 is 33.3 Å². The van der Waals surface area contributed by atoms with E-state index in [4.69, 9.17) is 42.1 Å². The highest BCUT2D eigenvalue weighted by atomic mass is 35.5. The lowest BCUT2D eigenvalue weighted by Crippen LogP contribution is -2.55. The van der Waals surface area contributed by atoms with Crippen LogP contribution in [-0.4, -0.2) is 52.3 Å². The number of fused-ring (bicyclic) bond motifs is 5. The Morgan fingerprint density at radius 3 is 1.88 bits per heavy atom. The highest BCUT2D eigenvalue weighted by molar-refractivity contribution is 6.33. The molecule has 4 aliphatic rings. The van der Waals surface area contributed by atoms with Crippen LogP contribution in [0.25, 0.3) is 5.57 Å². The molecule has 0 radical (unpaired) electrons. The van der Waals surface area contributed by atoms with Crippen LogP contribution in [0.2, 0.25) is 10.0 Å². The third-order valence-electron chi connectivity index (χ3n) is 15.4. The Morgan fingerprint density at radius 1 is 0.759 bits per heavy atom. The van der Waals surface area contributed by atoms with E-state index in [0.717, 1.165) is 54.8 Å². The Labute approximate surface area is 356 Å². The quantitative estimate of drug-likeness (QED) is 0.158. The number of ether oxygens (including phenoxy) is 4. The van der Waals surface area contributed by atoms with Gasteiger partial charge in [0.2, 0.25) is 5.91 Å². The number of hydrogen-bond acceptors (Lipinski definition) is 7. The summed E-state index contributed by atoms with van der Waals surface area (Å²) in [7, 11) is 5.37. The summed E-state index contributed by atoms with van der Waals surface area (Å²) >= 11 is 13.3. The third-order valence-corrected chi connectivity index (χ3v) is 16.0. The van der Waals surface area contributed by atoms with Crippen molar-refractivity contribution in [1.82, 2.24) is 5.32 Å². The number of rotatable bonds is 13. The lowest BCUT2D eigenvalue weighted by Gasteiger charge is -2.61. The van der Waals surface area contributed by atoms with E-state index in [1.807, 2.05) is 0 Å². The summed E-state index contributed by atoms with van der Waals surface area (Å²) < 4.78 is 21.0. The Bertz CT molecular complexity index is 1820. The molecule has 10 heteroatoms. The van der Waals surface area contributed by atoms with Gasteiger partial charge in [-0.25, -0.2) is 9.59 Å². The minimum absolute atomic E-state index is 0.0196. The van der Waals surface area contributed by atoms with Crippen LogP contribution in [0.5, 0.6) is 11.5 Å². The van der Waals surface area contributed by atoms with Gasteiger partial charge in [-0.2, -0.15) is 0 Å². The topological polar surface area (TPSA) is 100 Å². The van der Waals surface area contributed by atoms with Gasteiger partial charge in [-0.1, -0.05) is 77.1 Å². The number of esters is 2. The maximum Gasteiger partial charge on any atom is 0.341 e. The fourth-order valence-electron chi connectivity index (χ4n) is 12.6. The highest BCUT2D eigenvalue weighted by Gasteiger charge is 2.60. The molecule has 0 spiro atoms. The molecule has 0 heterocycles. The number of halogens is 2. The summed E-state index contributed by atoms with van der Waals surface area (Å²) in [6, 6.07) is 6.37. The predicted molar refractivity (Wildman–Crippen MR) is 231 cm³/mol. The zero-order chi connectivity index (χ0) is 42.1.